The lowest BCUT2D eigenvalue weighted by Gasteiger charge is -2.14. The van der Waals surface area contributed by atoms with Crippen molar-refractivity contribution in [2.75, 3.05) is 11.1 Å². The number of nitrogens with one attached hydrogen (secondary N) is 1. The van der Waals surface area contributed by atoms with E-state index in [4.69, 9.17) is 4.74 Å². The predicted molar refractivity (Wildman–Crippen MR) is 110 cm³/mol. The molecule has 1 heterocycles. The molecule has 2 aromatic carbocycles. The minimum Gasteiger partial charge on any atom is -0.483 e. The molecule has 0 unspecified atom stereocenters. The Bertz CT molecular complexity index is 900. The second kappa shape index (κ2) is 9.05. The fraction of sp³-hybridized carbons (Fsp3) is 0.211. The Morgan fingerprint density at radius 1 is 1.19 bits per heavy atom. The number of anilines is 1. The molecular formula is C19H19BrN4O2S. The van der Waals surface area contributed by atoms with Crippen LogP contribution in [-0.4, -0.2) is 26.4 Å². The van der Waals surface area contributed by atoms with Gasteiger partial charge in [-0.25, -0.2) is 0 Å². The van der Waals surface area contributed by atoms with Crippen LogP contribution in [0.1, 0.15) is 18.9 Å². The SMILES string of the molecule is C[C@H](Oc1ccccc1)c1nnc(SCC(=O)Nc2ccc(Br)cc2)n1C. The number of ether oxygens (including phenoxy) is 1. The van der Waals surface area contributed by atoms with Crippen molar-refractivity contribution in [2.24, 2.45) is 7.05 Å². The van der Waals surface area contributed by atoms with Crippen LogP contribution in [0.3, 0.4) is 0 Å². The molecule has 27 heavy (non-hydrogen) atoms. The zero-order valence-electron chi connectivity index (χ0n) is 14.9. The second-order valence-electron chi connectivity index (χ2n) is 5.82. The smallest absolute Gasteiger partial charge is 0.234 e. The molecule has 3 aromatic rings. The summed E-state index contributed by atoms with van der Waals surface area (Å²) in [7, 11) is 1.87. The van der Waals surface area contributed by atoms with E-state index in [2.05, 4.69) is 31.4 Å². The molecule has 0 saturated heterocycles. The van der Waals surface area contributed by atoms with Gasteiger partial charge in [0.1, 0.15) is 5.75 Å². The van der Waals surface area contributed by atoms with Crippen molar-refractivity contribution in [3.63, 3.8) is 0 Å². The molecule has 6 nitrogen and oxygen atoms in total. The minimum absolute atomic E-state index is 0.0968. The summed E-state index contributed by atoms with van der Waals surface area (Å²) >= 11 is 4.71. The summed E-state index contributed by atoms with van der Waals surface area (Å²) in [5.74, 6) is 1.63. The van der Waals surface area contributed by atoms with Crippen molar-refractivity contribution in [1.82, 2.24) is 14.8 Å². The highest BCUT2D eigenvalue weighted by Crippen LogP contribution is 2.23. The summed E-state index contributed by atoms with van der Waals surface area (Å²) in [5.41, 5.74) is 0.757. The number of benzene rings is 2. The monoisotopic (exact) mass is 446 g/mol. The van der Waals surface area contributed by atoms with Crippen LogP contribution in [0, 0.1) is 0 Å². The van der Waals surface area contributed by atoms with Crippen LogP contribution in [-0.2, 0) is 11.8 Å². The number of aromatic nitrogens is 3. The molecule has 0 aliphatic heterocycles. The Labute approximate surface area is 170 Å². The van der Waals surface area contributed by atoms with Crippen molar-refractivity contribution in [3.8, 4) is 5.75 Å². The Kier molecular flexibility index (Phi) is 6.52. The Morgan fingerprint density at radius 2 is 1.89 bits per heavy atom. The number of carbonyl (C=O) groups is 1. The summed E-state index contributed by atoms with van der Waals surface area (Å²) < 4.78 is 8.71. The largest absolute Gasteiger partial charge is 0.483 e. The number of rotatable bonds is 7. The molecule has 0 fully saturated rings. The zero-order chi connectivity index (χ0) is 19.2. The average molecular weight is 447 g/mol. The van der Waals surface area contributed by atoms with E-state index in [1.165, 1.54) is 11.8 Å². The molecule has 3 rings (SSSR count). The number of nitrogens with zero attached hydrogens (tertiary/aromatic N) is 3. The highest BCUT2D eigenvalue weighted by atomic mass is 79.9. The molecule has 1 atom stereocenters. The third-order valence-corrected chi connectivity index (χ3v) is 5.30. The molecule has 0 spiro atoms. The van der Waals surface area contributed by atoms with E-state index in [-0.39, 0.29) is 17.8 Å². The number of para-hydroxylation sites is 1. The van der Waals surface area contributed by atoms with Crippen molar-refractivity contribution >= 4 is 39.3 Å². The van der Waals surface area contributed by atoms with E-state index >= 15 is 0 Å². The molecule has 1 N–H and O–H groups in total. The lowest BCUT2D eigenvalue weighted by Crippen LogP contribution is -2.14. The van der Waals surface area contributed by atoms with Gasteiger partial charge in [0.25, 0.3) is 0 Å². The van der Waals surface area contributed by atoms with E-state index in [9.17, 15) is 4.79 Å². The summed E-state index contributed by atoms with van der Waals surface area (Å²) in [6, 6.07) is 17.0. The second-order valence-corrected chi connectivity index (χ2v) is 7.67. The molecule has 0 saturated carbocycles. The summed E-state index contributed by atoms with van der Waals surface area (Å²) in [4.78, 5) is 12.1. The fourth-order valence-electron chi connectivity index (χ4n) is 2.42. The first-order chi connectivity index (χ1) is 13.0. The van der Waals surface area contributed by atoms with Gasteiger partial charge in [-0.3, -0.25) is 4.79 Å². The lowest BCUT2D eigenvalue weighted by atomic mass is 10.3. The maximum atomic E-state index is 12.1. The maximum absolute atomic E-state index is 12.1. The van der Waals surface area contributed by atoms with Gasteiger partial charge in [-0.15, -0.1) is 10.2 Å². The van der Waals surface area contributed by atoms with Gasteiger partial charge >= 0.3 is 0 Å². The number of hydrogen-bond donors (Lipinski definition) is 1. The number of thioether (sulfide) groups is 1. The Balaban J connectivity index is 1.56. The number of hydrogen-bond acceptors (Lipinski definition) is 5. The Hall–Kier alpha value is -2.32. The van der Waals surface area contributed by atoms with Gasteiger partial charge in [-0.1, -0.05) is 45.9 Å². The predicted octanol–water partition coefficient (Wildman–Crippen LogP) is 4.45. The van der Waals surface area contributed by atoms with Gasteiger partial charge < -0.3 is 14.6 Å². The minimum atomic E-state index is -0.254. The van der Waals surface area contributed by atoms with E-state index in [0.29, 0.717) is 11.0 Å². The van der Waals surface area contributed by atoms with E-state index in [0.717, 1.165) is 15.9 Å². The topological polar surface area (TPSA) is 69.0 Å². The first-order valence-electron chi connectivity index (χ1n) is 8.32. The van der Waals surface area contributed by atoms with Crippen LogP contribution >= 0.6 is 27.7 Å². The van der Waals surface area contributed by atoms with Crippen molar-refractivity contribution < 1.29 is 9.53 Å². The molecule has 0 radical (unpaired) electrons. The van der Waals surface area contributed by atoms with Crippen molar-refractivity contribution in [2.45, 2.75) is 18.2 Å². The quantitative estimate of drug-likeness (QED) is 0.542. The van der Waals surface area contributed by atoms with E-state index < -0.39 is 0 Å². The van der Waals surface area contributed by atoms with Crippen molar-refractivity contribution in [1.29, 1.82) is 0 Å². The van der Waals surface area contributed by atoms with Crippen LogP contribution in [0.4, 0.5) is 5.69 Å². The Morgan fingerprint density at radius 3 is 2.59 bits per heavy atom. The van der Waals surface area contributed by atoms with E-state index in [1.54, 1.807) is 0 Å². The normalized spacial score (nSPS) is 11.8. The third kappa shape index (κ3) is 5.33. The first kappa shape index (κ1) is 19.4. The molecule has 1 aromatic heterocycles. The van der Waals surface area contributed by atoms with Gasteiger partial charge in [-0.05, 0) is 43.3 Å². The van der Waals surface area contributed by atoms with Crippen LogP contribution in [0.25, 0.3) is 0 Å². The molecule has 1 amide bonds. The number of amides is 1. The molecule has 140 valence electrons. The lowest BCUT2D eigenvalue weighted by molar-refractivity contribution is -0.113. The van der Waals surface area contributed by atoms with Crippen LogP contribution in [0.5, 0.6) is 5.75 Å². The third-order valence-electron chi connectivity index (χ3n) is 3.75. The van der Waals surface area contributed by atoms with Crippen LogP contribution < -0.4 is 10.1 Å². The summed E-state index contributed by atoms with van der Waals surface area (Å²) in [5, 5.41) is 11.9. The van der Waals surface area contributed by atoms with E-state index in [1.807, 2.05) is 73.1 Å². The van der Waals surface area contributed by atoms with Crippen molar-refractivity contribution in [3.05, 3.63) is 64.9 Å². The molecule has 0 bridgehead atoms. The highest BCUT2D eigenvalue weighted by Gasteiger charge is 2.18. The van der Waals surface area contributed by atoms with Gasteiger partial charge in [-0.2, -0.15) is 0 Å². The summed E-state index contributed by atoms with van der Waals surface area (Å²) in [6.07, 6.45) is -0.254. The van der Waals surface area contributed by atoms with Crippen LogP contribution in [0.2, 0.25) is 0 Å². The number of carbonyl (C=O) groups excluding carboxylic acids is 1. The molecular weight excluding hydrogens is 428 g/mol. The highest BCUT2D eigenvalue weighted by molar-refractivity contribution is 9.10. The standard InChI is InChI=1S/C19H19BrN4O2S/c1-13(26-16-6-4-3-5-7-16)18-22-23-19(24(18)2)27-12-17(25)21-15-10-8-14(20)9-11-15/h3-11,13H,12H2,1-2H3,(H,21,25)/t13-/m0/s1. The molecule has 0 aliphatic carbocycles. The first-order valence-corrected chi connectivity index (χ1v) is 10.1. The molecule has 0 aliphatic rings. The van der Waals surface area contributed by atoms with Gasteiger partial charge in [0.05, 0.1) is 5.75 Å². The summed E-state index contributed by atoms with van der Waals surface area (Å²) in [6.45, 7) is 1.92. The van der Waals surface area contributed by atoms with Crippen LogP contribution in [0.15, 0.2) is 64.2 Å². The molecule has 8 heteroatoms. The van der Waals surface area contributed by atoms with Gasteiger partial charge in [0, 0.05) is 17.2 Å². The average Bonchev–Trinajstić information content (AvgIpc) is 3.03. The fourth-order valence-corrected chi connectivity index (χ4v) is 3.40. The maximum Gasteiger partial charge on any atom is 0.234 e. The number of halogens is 1. The van der Waals surface area contributed by atoms with Gasteiger partial charge in [0.15, 0.2) is 17.1 Å². The van der Waals surface area contributed by atoms with Gasteiger partial charge in [0.2, 0.25) is 5.91 Å². The zero-order valence-corrected chi connectivity index (χ0v) is 17.3.